The van der Waals surface area contributed by atoms with Crippen LogP contribution in [0.3, 0.4) is 0 Å². The zero-order valence-electron chi connectivity index (χ0n) is 42.5. The topological polar surface area (TPSA) is 71.1 Å². The molecule has 5 atom stereocenters. The van der Waals surface area contributed by atoms with Gasteiger partial charge in [-0.2, -0.15) is 0 Å². The Kier molecular flexibility index (Phi) is 18.7. The number of ether oxygens (including phenoxy) is 1. The molecule has 6 nitrogen and oxygen atoms in total. The summed E-state index contributed by atoms with van der Waals surface area (Å²) in [6.45, 7) is 40.9. The van der Waals surface area contributed by atoms with Crippen molar-refractivity contribution in [3.8, 4) is 0 Å². The SMILES string of the molecule is CC[Si](CC)(CC)[C@H]1[C@@H](CC(=O)CC[C@@H](/C=C/C=C\C[C@H](C)O[Si](C)(C)C(C)(C)C)O[Si](C)(C)C(C)(C)C)OC(=O)[C@]1(C)CO[Si](c1ccccc1)(c1ccccc1)C(C)(C)C. The van der Waals surface area contributed by atoms with Crippen molar-refractivity contribution >= 4 is 55.2 Å². The number of cyclic esters (lactones) is 1. The lowest BCUT2D eigenvalue weighted by Crippen LogP contribution is -2.67. The van der Waals surface area contributed by atoms with Gasteiger partial charge in [-0.05, 0) is 78.4 Å². The number of hydrogen-bond acceptors (Lipinski definition) is 6. The summed E-state index contributed by atoms with van der Waals surface area (Å²) in [6, 6.07) is 24.3. The molecule has 0 spiro atoms. The second-order valence-electron chi connectivity index (χ2n) is 22.6. The van der Waals surface area contributed by atoms with E-state index in [1.54, 1.807) is 0 Å². The molecule has 2 aromatic rings. The van der Waals surface area contributed by atoms with E-state index in [1.165, 1.54) is 10.4 Å². The highest BCUT2D eigenvalue weighted by molar-refractivity contribution is 6.99. The molecule has 0 bridgehead atoms. The van der Waals surface area contributed by atoms with E-state index in [1.807, 2.05) is 0 Å². The highest BCUT2D eigenvalue weighted by Gasteiger charge is 2.63. The Morgan fingerprint density at radius 3 is 1.69 bits per heavy atom. The van der Waals surface area contributed by atoms with E-state index >= 15 is 0 Å². The van der Waals surface area contributed by atoms with Crippen molar-refractivity contribution < 1.29 is 27.6 Å². The molecule has 0 N–H and O–H groups in total. The Morgan fingerprint density at radius 2 is 1.24 bits per heavy atom. The summed E-state index contributed by atoms with van der Waals surface area (Å²) in [5.74, 6) is -0.0936. The molecule has 2 aromatic carbocycles. The number of allylic oxidation sites excluding steroid dienone is 2. The fraction of sp³-hybridized carbons (Fsp3) is 0.654. The van der Waals surface area contributed by atoms with Crippen LogP contribution in [-0.2, 0) is 27.6 Å². The molecular weight excluding hydrogens is 833 g/mol. The molecule has 0 aromatic heterocycles. The highest BCUT2D eigenvalue weighted by atomic mass is 28.4. The van der Waals surface area contributed by atoms with Gasteiger partial charge in [0.05, 0.1) is 26.2 Å². The lowest BCUT2D eigenvalue weighted by molar-refractivity contribution is -0.149. The standard InChI is InChI=1S/C52H88O6Si4/c1-19-61(20-2,21-3)47-46(56-48(54)52(47,14)40-55-62(51(11,12)13,44-33-27-23-28-34-44)45-35-29-24-30-36-45)39-42(53)37-38-43(58-60(17,18)50(8,9)10)32-26-22-25-31-41(4)57-59(15,16)49(5,6)7/h22-30,32-36,41,43,46-47H,19-21,31,37-40H2,1-18H3/b25-22-,32-26+/t41-,43+,46+,47-,52+/m0/s1. The molecule has 3 rings (SSSR count). The maximum absolute atomic E-state index is 14.6. The van der Waals surface area contributed by atoms with E-state index in [9.17, 15) is 9.59 Å². The highest BCUT2D eigenvalue weighted by Crippen LogP contribution is 2.55. The first-order valence-electron chi connectivity index (χ1n) is 23.7. The molecule has 1 heterocycles. The van der Waals surface area contributed by atoms with E-state index in [4.69, 9.17) is 18.0 Å². The largest absolute Gasteiger partial charge is 0.461 e. The van der Waals surface area contributed by atoms with E-state index < -0.39 is 44.5 Å². The second-order valence-corrected chi connectivity index (χ2v) is 41.9. The van der Waals surface area contributed by atoms with Crippen molar-refractivity contribution in [2.24, 2.45) is 5.41 Å². The number of esters is 1. The molecule has 10 heteroatoms. The lowest BCUT2D eigenvalue weighted by Gasteiger charge is -2.47. The van der Waals surface area contributed by atoms with Crippen molar-refractivity contribution in [2.45, 2.75) is 206 Å². The summed E-state index contributed by atoms with van der Waals surface area (Å²) < 4.78 is 27.5. The predicted molar refractivity (Wildman–Crippen MR) is 274 cm³/mol. The minimum Gasteiger partial charge on any atom is -0.461 e. The number of rotatable bonds is 22. The maximum Gasteiger partial charge on any atom is 0.314 e. The third-order valence-corrected chi connectivity index (χ3v) is 35.9. The Labute approximate surface area is 383 Å². The number of benzene rings is 2. The van der Waals surface area contributed by atoms with Crippen molar-refractivity contribution in [3.05, 3.63) is 85.0 Å². The van der Waals surface area contributed by atoms with Crippen LogP contribution >= 0.6 is 0 Å². The zero-order chi connectivity index (χ0) is 47.0. The lowest BCUT2D eigenvalue weighted by atomic mass is 9.86. The van der Waals surface area contributed by atoms with Gasteiger partial charge in [0.15, 0.2) is 16.6 Å². The molecule has 0 radical (unpaired) electrons. The van der Waals surface area contributed by atoms with E-state index in [0.29, 0.717) is 12.8 Å². The van der Waals surface area contributed by atoms with Crippen LogP contribution < -0.4 is 10.4 Å². The Hall–Kier alpha value is -2.19. The van der Waals surface area contributed by atoms with Crippen LogP contribution in [0, 0.1) is 5.41 Å². The number of hydrogen-bond donors (Lipinski definition) is 0. The molecular formula is C52H88O6Si4. The van der Waals surface area contributed by atoms with Gasteiger partial charge in [0.25, 0.3) is 8.32 Å². The van der Waals surface area contributed by atoms with Crippen LogP contribution in [0.4, 0.5) is 0 Å². The van der Waals surface area contributed by atoms with Crippen LogP contribution in [0.25, 0.3) is 0 Å². The molecule has 1 aliphatic heterocycles. The van der Waals surface area contributed by atoms with Gasteiger partial charge >= 0.3 is 5.97 Å². The fourth-order valence-electron chi connectivity index (χ4n) is 9.33. The minimum atomic E-state index is -2.95. The summed E-state index contributed by atoms with van der Waals surface area (Å²) in [6.07, 6.45) is 9.96. The molecule has 0 unspecified atom stereocenters. The van der Waals surface area contributed by atoms with Crippen molar-refractivity contribution in [1.82, 2.24) is 0 Å². The van der Waals surface area contributed by atoms with Gasteiger partial charge in [-0.25, -0.2) is 0 Å². The molecule has 0 saturated carbocycles. The molecule has 0 amide bonds. The Balaban J connectivity index is 1.92. The summed E-state index contributed by atoms with van der Waals surface area (Å²) in [5.41, 5.74) is -0.945. The van der Waals surface area contributed by atoms with Crippen molar-refractivity contribution in [2.75, 3.05) is 6.61 Å². The van der Waals surface area contributed by atoms with E-state index in [0.717, 1.165) is 24.6 Å². The molecule has 0 aliphatic carbocycles. The van der Waals surface area contributed by atoms with E-state index in [-0.39, 0.29) is 57.6 Å². The predicted octanol–water partition coefficient (Wildman–Crippen LogP) is 13.4. The van der Waals surface area contributed by atoms with Gasteiger partial charge in [0.2, 0.25) is 0 Å². The molecule has 62 heavy (non-hydrogen) atoms. The maximum atomic E-state index is 14.6. The van der Waals surface area contributed by atoms with Crippen LogP contribution in [0.5, 0.6) is 0 Å². The van der Waals surface area contributed by atoms with Crippen LogP contribution in [-0.4, -0.2) is 69.7 Å². The monoisotopic (exact) mass is 921 g/mol. The normalized spacial score (nSPS) is 20.8. The molecule has 1 fully saturated rings. The quantitative estimate of drug-likeness (QED) is 0.0666. The average molecular weight is 922 g/mol. The summed E-state index contributed by atoms with van der Waals surface area (Å²) in [5, 5.41) is 2.33. The number of carbonyl (C=O) groups excluding carboxylic acids is 2. The van der Waals surface area contributed by atoms with Crippen LogP contribution in [0.15, 0.2) is 85.0 Å². The Morgan fingerprint density at radius 1 is 0.758 bits per heavy atom. The summed E-state index contributed by atoms with van der Waals surface area (Å²) >= 11 is 0. The van der Waals surface area contributed by atoms with Gasteiger partial charge < -0.3 is 18.0 Å². The van der Waals surface area contributed by atoms with Crippen molar-refractivity contribution in [3.63, 3.8) is 0 Å². The smallest absolute Gasteiger partial charge is 0.314 e. The van der Waals surface area contributed by atoms with Crippen LogP contribution in [0.1, 0.15) is 123 Å². The van der Waals surface area contributed by atoms with Gasteiger partial charge in [0.1, 0.15) is 11.9 Å². The zero-order valence-corrected chi connectivity index (χ0v) is 46.5. The van der Waals surface area contributed by atoms with Gasteiger partial charge in [-0.1, -0.05) is 186 Å². The molecule has 1 saturated heterocycles. The first-order valence-corrected chi connectivity index (χ1v) is 34.2. The third-order valence-electron chi connectivity index (χ3n) is 15.3. The number of ketones is 1. The summed E-state index contributed by atoms with van der Waals surface area (Å²) in [4.78, 5) is 28.8. The van der Waals surface area contributed by atoms with E-state index in [2.05, 4.69) is 208 Å². The first kappa shape index (κ1) is 54.1. The fourth-order valence-corrected chi connectivity index (χ4v) is 22.1. The summed E-state index contributed by atoms with van der Waals surface area (Å²) in [7, 11) is -9.10. The molecule has 1 aliphatic rings. The Bertz CT molecular complexity index is 1730. The second kappa shape index (κ2) is 21.4. The average Bonchev–Trinajstić information content (AvgIpc) is 3.42. The third kappa shape index (κ3) is 12.6. The van der Waals surface area contributed by atoms with Gasteiger partial charge in [-0.15, -0.1) is 0 Å². The molecule has 348 valence electrons. The number of Topliss-reactive ketones (excluding diaryl/α,β-unsaturated/α-hetero) is 1. The van der Waals surface area contributed by atoms with Crippen LogP contribution in [0.2, 0.25) is 65.0 Å². The van der Waals surface area contributed by atoms with Gasteiger partial charge in [0, 0.05) is 24.5 Å². The minimum absolute atomic E-state index is 0.0239. The van der Waals surface area contributed by atoms with Crippen molar-refractivity contribution in [1.29, 1.82) is 0 Å². The number of carbonyl (C=O) groups is 2. The van der Waals surface area contributed by atoms with Gasteiger partial charge in [-0.3, -0.25) is 9.59 Å². The first-order chi connectivity index (χ1) is 28.6.